The number of benzene rings is 8. The summed E-state index contributed by atoms with van der Waals surface area (Å²) in [5.41, 5.74) is 14.4. The molecular weight excluding hydrogens is 665 g/mol. The largest absolute Gasteiger partial charge is 0.228 e. The zero-order valence-electron chi connectivity index (χ0n) is 35.5. The van der Waals surface area contributed by atoms with Crippen molar-refractivity contribution in [3.8, 4) is 78.4 Å². The third-order valence-electron chi connectivity index (χ3n) is 11.0. The van der Waals surface area contributed by atoms with E-state index in [9.17, 15) is 0 Å². The van der Waals surface area contributed by atoms with E-state index in [1.165, 1.54) is 33.4 Å². The van der Waals surface area contributed by atoms with E-state index in [0.29, 0.717) is 17.1 Å². The Balaban J connectivity index is 1.09. The molecule has 0 saturated heterocycles. The second-order valence-electron chi connectivity index (χ2n) is 14.6. The van der Waals surface area contributed by atoms with Crippen LogP contribution in [0.2, 0.25) is 0 Å². The second-order valence-corrected chi connectivity index (χ2v) is 14.6. The van der Waals surface area contributed by atoms with Gasteiger partial charge >= 0.3 is 0 Å². The standard InChI is InChI=1S/C53H38N2/c1-53(2)48-32-39(36-17-8-4-9-18-36)25-27-45(48)46-28-26-40(33-49(46)53)42-29-30-47(44-24-13-12-23-43(42)44)51-34-50(54-52(55-51)37-19-10-5-11-20-37)41-22-14-21-38(31-41)35-15-6-3-7-16-35/h3-34H,1-2H3/i3D,6D,7D,15D,16D. The summed E-state index contributed by atoms with van der Waals surface area (Å²) in [6.07, 6.45) is 0. The van der Waals surface area contributed by atoms with Gasteiger partial charge in [0.25, 0.3) is 0 Å². The van der Waals surface area contributed by atoms with E-state index >= 15 is 0 Å². The summed E-state index contributed by atoms with van der Waals surface area (Å²) >= 11 is 0. The minimum absolute atomic E-state index is 0.151. The van der Waals surface area contributed by atoms with Crippen LogP contribution in [0, 0.1) is 0 Å². The third-order valence-corrected chi connectivity index (χ3v) is 11.0. The predicted octanol–water partition coefficient (Wildman–Crippen LogP) is 13.9. The first-order chi connectivity index (χ1) is 29.1. The molecule has 0 radical (unpaired) electrons. The Bertz CT molecular complexity index is 3150. The summed E-state index contributed by atoms with van der Waals surface area (Å²) in [6, 6.07) is 54.7. The molecule has 9 aromatic rings. The zero-order chi connectivity index (χ0) is 41.3. The van der Waals surface area contributed by atoms with Gasteiger partial charge in [-0.05, 0) is 90.7 Å². The molecular formula is C53H38N2. The number of hydrogen-bond acceptors (Lipinski definition) is 2. The first kappa shape index (κ1) is 27.7. The summed E-state index contributed by atoms with van der Waals surface area (Å²) in [7, 11) is 0. The molecule has 2 nitrogen and oxygen atoms in total. The number of hydrogen-bond donors (Lipinski definition) is 0. The highest BCUT2D eigenvalue weighted by Gasteiger charge is 2.36. The molecule has 1 aromatic heterocycles. The van der Waals surface area contributed by atoms with Gasteiger partial charge in [-0.25, -0.2) is 9.97 Å². The summed E-state index contributed by atoms with van der Waals surface area (Å²) in [6.45, 7) is 4.66. The van der Waals surface area contributed by atoms with E-state index in [-0.39, 0.29) is 35.1 Å². The van der Waals surface area contributed by atoms with Crippen LogP contribution in [-0.2, 0) is 5.41 Å². The van der Waals surface area contributed by atoms with Crippen LogP contribution in [0.1, 0.15) is 31.8 Å². The molecule has 0 saturated carbocycles. The van der Waals surface area contributed by atoms with Crippen LogP contribution in [0.25, 0.3) is 89.2 Å². The topological polar surface area (TPSA) is 25.8 Å². The van der Waals surface area contributed by atoms with Crippen LogP contribution >= 0.6 is 0 Å². The molecule has 0 unspecified atom stereocenters. The minimum atomic E-state index is -0.417. The average Bonchev–Trinajstić information content (AvgIpc) is 3.52. The lowest BCUT2D eigenvalue weighted by atomic mass is 9.80. The van der Waals surface area contributed by atoms with Gasteiger partial charge in [-0.3, -0.25) is 0 Å². The van der Waals surface area contributed by atoms with Crippen LogP contribution in [0.3, 0.4) is 0 Å². The average molecular weight is 708 g/mol. The smallest absolute Gasteiger partial charge is 0.160 e. The molecule has 2 heteroatoms. The van der Waals surface area contributed by atoms with Gasteiger partial charge < -0.3 is 0 Å². The fourth-order valence-corrected chi connectivity index (χ4v) is 8.17. The quantitative estimate of drug-likeness (QED) is 0.172. The number of nitrogens with zero attached hydrogens (tertiary/aromatic N) is 2. The Morgan fingerprint density at radius 3 is 1.64 bits per heavy atom. The van der Waals surface area contributed by atoms with E-state index in [1.807, 2.05) is 54.6 Å². The Labute approximate surface area is 329 Å². The van der Waals surface area contributed by atoms with E-state index in [0.717, 1.165) is 44.3 Å². The molecule has 0 amide bonds. The molecule has 0 spiro atoms. The van der Waals surface area contributed by atoms with Crippen LogP contribution in [0.5, 0.6) is 0 Å². The summed E-state index contributed by atoms with van der Waals surface area (Å²) < 4.78 is 41.9. The monoisotopic (exact) mass is 707 g/mol. The second kappa shape index (κ2) is 13.2. The molecule has 0 N–H and O–H groups in total. The molecule has 0 aliphatic heterocycles. The zero-order valence-corrected chi connectivity index (χ0v) is 30.5. The van der Waals surface area contributed by atoms with Crippen molar-refractivity contribution >= 4 is 10.8 Å². The SMILES string of the molecule is [2H]c1c([2H])c([2H])c(-c2cccc(-c3cc(-c4ccc(-c5ccc6c(c5)C(C)(C)c5cc(-c7ccccc7)ccc5-6)c5ccccc45)nc(-c4ccccc4)n3)c2)c([2H])c1[2H]. The fourth-order valence-electron chi connectivity index (χ4n) is 8.17. The molecule has 1 aliphatic rings. The van der Waals surface area contributed by atoms with E-state index in [1.54, 1.807) is 6.07 Å². The fraction of sp³-hybridized carbons (Fsp3) is 0.0566. The van der Waals surface area contributed by atoms with Crippen molar-refractivity contribution in [3.63, 3.8) is 0 Å². The van der Waals surface area contributed by atoms with Gasteiger partial charge in [0.1, 0.15) is 0 Å². The summed E-state index contributed by atoms with van der Waals surface area (Å²) in [4.78, 5) is 10.2. The Morgan fingerprint density at radius 2 is 0.909 bits per heavy atom. The highest BCUT2D eigenvalue weighted by atomic mass is 14.9. The van der Waals surface area contributed by atoms with Gasteiger partial charge in [0.2, 0.25) is 0 Å². The van der Waals surface area contributed by atoms with Crippen molar-refractivity contribution in [2.45, 2.75) is 19.3 Å². The van der Waals surface area contributed by atoms with E-state index in [2.05, 4.69) is 117 Å². The van der Waals surface area contributed by atoms with Gasteiger partial charge in [-0.2, -0.15) is 0 Å². The molecule has 0 fully saturated rings. The van der Waals surface area contributed by atoms with Crippen molar-refractivity contribution in [2.75, 3.05) is 0 Å². The Morgan fingerprint density at radius 1 is 0.382 bits per heavy atom. The number of aromatic nitrogens is 2. The summed E-state index contributed by atoms with van der Waals surface area (Å²) in [5, 5.41) is 2.17. The molecule has 260 valence electrons. The molecule has 8 aromatic carbocycles. The maximum absolute atomic E-state index is 8.62. The van der Waals surface area contributed by atoms with Gasteiger partial charge in [0.15, 0.2) is 5.82 Å². The van der Waals surface area contributed by atoms with Crippen molar-refractivity contribution in [2.24, 2.45) is 0 Å². The van der Waals surface area contributed by atoms with Gasteiger partial charge in [-0.1, -0.05) is 184 Å². The molecule has 0 atom stereocenters. The van der Waals surface area contributed by atoms with E-state index < -0.39 is 6.04 Å². The predicted molar refractivity (Wildman–Crippen MR) is 230 cm³/mol. The summed E-state index contributed by atoms with van der Waals surface area (Å²) in [5.74, 6) is 0.556. The minimum Gasteiger partial charge on any atom is -0.228 e. The Kier molecular flexibility index (Phi) is 6.64. The highest BCUT2D eigenvalue weighted by molar-refractivity contribution is 6.05. The number of rotatable bonds is 6. The molecule has 10 rings (SSSR count). The lowest BCUT2D eigenvalue weighted by Crippen LogP contribution is -2.15. The number of fused-ring (bicyclic) bond motifs is 4. The first-order valence-electron chi connectivity index (χ1n) is 21.1. The van der Waals surface area contributed by atoms with Crippen molar-refractivity contribution in [3.05, 3.63) is 205 Å². The highest BCUT2D eigenvalue weighted by Crippen LogP contribution is 2.51. The normalized spacial score (nSPS) is 14.0. The van der Waals surface area contributed by atoms with Crippen LogP contribution in [0.15, 0.2) is 194 Å². The molecule has 0 bridgehead atoms. The maximum atomic E-state index is 8.62. The van der Waals surface area contributed by atoms with Gasteiger partial charge in [-0.15, -0.1) is 0 Å². The van der Waals surface area contributed by atoms with Gasteiger partial charge in [0.05, 0.1) is 18.2 Å². The van der Waals surface area contributed by atoms with Gasteiger partial charge in [0, 0.05) is 22.1 Å². The van der Waals surface area contributed by atoms with Crippen molar-refractivity contribution < 1.29 is 6.85 Å². The maximum Gasteiger partial charge on any atom is 0.160 e. The molecule has 1 aliphatic carbocycles. The molecule has 55 heavy (non-hydrogen) atoms. The van der Waals surface area contributed by atoms with E-state index in [4.69, 9.17) is 16.8 Å². The van der Waals surface area contributed by atoms with Crippen molar-refractivity contribution in [1.29, 1.82) is 0 Å². The lowest BCUT2D eigenvalue weighted by molar-refractivity contribution is 0.661. The lowest BCUT2D eigenvalue weighted by Gasteiger charge is -2.23. The Hall–Kier alpha value is -6.90. The van der Waals surface area contributed by atoms with Crippen LogP contribution in [0.4, 0.5) is 0 Å². The van der Waals surface area contributed by atoms with Crippen LogP contribution < -0.4 is 0 Å². The third kappa shape index (κ3) is 5.75. The van der Waals surface area contributed by atoms with Crippen molar-refractivity contribution in [1.82, 2.24) is 9.97 Å². The molecule has 1 heterocycles. The van der Waals surface area contributed by atoms with Crippen LogP contribution in [-0.4, -0.2) is 9.97 Å². The first-order valence-corrected chi connectivity index (χ1v) is 18.6.